The Kier molecular flexibility index (Phi) is 7.51. The number of nitrogens with one attached hydrogen (secondary N) is 1. The maximum atomic E-state index is 12.9. The van der Waals surface area contributed by atoms with Crippen molar-refractivity contribution in [3.8, 4) is 11.8 Å². The molecule has 2 aromatic heterocycles. The summed E-state index contributed by atoms with van der Waals surface area (Å²) in [6.45, 7) is 7.62. The van der Waals surface area contributed by atoms with Gasteiger partial charge >= 0.3 is 0 Å². The highest BCUT2D eigenvalue weighted by molar-refractivity contribution is 7.16. The molecule has 0 saturated heterocycles. The number of benzene rings is 1. The number of hydrogen-bond acceptors (Lipinski definition) is 6. The molecule has 1 unspecified atom stereocenters. The van der Waals surface area contributed by atoms with Gasteiger partial charge in [0.25, 0.3) is 0 Å². The zero-order chi connectivity index (χ0) is 24.9. The molecule has 182 valence electrons. The molecular weight excluding hydrogens is 462 g/mol. The molecule has 0 fully saturated rings. The first-order valence-electron chi connectivity index (χ1n) is 11.7. The van der Waals surface area contributed by atoms with Gasteiger partial charge in [0.2, 0.25) is 11.8 Å². The third kappa shape index (κ3) is 5.54. The van der Waals surface area contributed by atoms with Crippen LogP contribution in [0.2, 0.25) is 0 Å². The number of nitrogens with zero attached hydrogens (tertiary/aromatic N) is 4. The smallest absolute Gasteiger partial charge is 0.242 e. The predicted molar refractivity (Wildman–Crippen MR) is 134 cm³/mol. The van der Waals surface area contributed by atoms with Crippen molar-refractivity contribution in [2.24, 2.45) is 0 Å². The van der Waals surface area contributed by atoms with Gasteiger partial charge in [0.1, 0.15) is 29.2 Å². The summed E-state index contributed by atoms with van der Waals surface area (Å²) in [5.41, 5.74) is 2.48. The highest BCUT2D eigenvalue weighted by atomic mass is 32.1. The summed E-state index contributed by atoms with van der Waals surface area (Å²) in [7, 11) is 0. The van der Waals surface area contributed by atoms with Crippen LogP contribution in [0.25, 0.3) is 0 Å². The molecule has 0 saturated carbocycles. The molecule has 4 rings (SSSR count). The van der Waals surface area contributed by atoms with Gasteiger partial charge in [0.05, 0.1) is 18.7 Å². The van der Waals surface area contributed by atoms with Crippen LogP contribution in [-0.2, 0) is 29.1 Å². The van der Waals surface area contributed by atoms with E-state index in [1.165, 1.54) is 11.3 Å². The molecule has 1 N–H and O–H groups in total. The SMILES string of the molecule is CCOc1cccc(C(C)CC(=O)Nc2sc3c(c2C#N)CCN(C(=O)Cn2ccnc2C)C3)c1. The van der Waals surface area contributed by atoms with Crippen LogP contribution in [0.4, 0.5) is 5.00 Å². The minimum Gasteiger partial charge on any atom is -0.494 e. The molecule has 9 heteroatoms. The molecule has 1 atom stereocenters. The normalized spacial score (nSPS) is 13.6. The second kappa shape index (κ2) is 10.7. The number of amides is 2. The Morgan fingerprint density at radius 3 is 2.91 bits per heavy atom. The van der Waals surface area contributed by atoms with Gasteiger partial charge in [-0.2, -0.15) is 5.26 Å². The Labute approximate surface area is 209 Å². The Bertz CT molecular complexity index is 1270. The van der Waals surface area contributed by atoms with Crippen molar-refractivity contribution in [3.63, 3.8) is 0 Å². The van der Waals surface area contributed by atoms with E-state index < -0.39 is 0 Å². The number of fused-ring (bicyclic) bond motifs is 1. The first-order chi connectivity index (χ1) is 16.9. The second-order valence-corrected chi connectivity index (χ2v) is 9.75. The predicted octanol–water partition coefficient (Wildman–Crippen LogP) is 4.24. The van der Waals surface area contributed by atoms with Crippen molar-refractivity contribution < 1.29 is 14.3 Å². The third-order valence-corrected chi connectivity index (χ3v) is 7.37. The van der Waals surface area contributed by atoms with Crippen LogP contribution in [0.1, 0.15) is 53.6 Å². The highest BCUT2D eigenvalue weighted by Gasteiger charge is 2.28. The molecule has 1 aliphatic heterocycles. The van der Waals surface area contributed by atoms with E-state index in [1.54, 1.807) is 17.3 Å². The van der Waals surface area contributed by atoms with Crippen molar-refractivity contribution >= 4 is 28.2 Å². The topological polar surface area (TPSA) is 100 Å². The fourth-order valence-electron chi connectivity index (χ4n) is 4.29. The third-order valence-electron chi connectivity index (χ3n) is 6.23. The van der Waals surface area contributed by atoms with Gasteiger partial charge in [-0.1, -0.05) is 19.1 Å². The minimum absolute atomic E-state index is 0.00438. The zero-order valence-electron chi connectivity index (χ0n) is 20.2. The van der Waals surface area contributed by atoms with E-state index in [0.717, 1.165) is 27.6 Å². The van der Waals surface area contributed by atoms with Crippen LogP contribution < -0.4 is 10.1 Å². The molecule has 1 aliphatic rings. The second-order valence-electron chi connectivity index (χ2n) is 8.65. The van der Waals surface area contributed by atoms with Crippen LogP contribution >= 0.6 is 11.3 Å². The quantitative estimate of drug-likeness (QED) is 0.508. The number of carbonyl (C=O) groups excluding carboxylic acids is 2. The van der Waals surface area contributed by atoms with Crippen molar-refractivity contribution in [2.45, 2.75) is 52.6 Å². The van der Waals surface area contributed by atoms with Crippen LogP contribution in [0.5, 0.6) is 5.75 Å². The summed E-state index contributed by atoms with van der Waals surface area (Å²) in [5.74, 6) is 1.45. The average Bonchev–Trinajstić information content (AvgIpc) is 3.40. The van der Waals surface area contributed by atoms with Gasteiger partial charge in [-0.15, -0.1) is 11.3 Å². The van der Waals surface area contributed by atoms with Crippen LogP contribution in [0.15, 0.2) is 36.7 Å². The van der Waals surface area contributed by atoms with E-state index in [1.807, 2.05) is 49.6 Å². The molecule has 0 spiro atoms. The molecule has 2 amide bonds. The first kappa shape index (κ1) is 24.5. The Hall–Kier alpha value is -3.64. The molecule has 0 bridgehead atoms. The monoisotopic (exact) mass is 491 g/mol. The van der Waals surface area contributed by atoms with E-state index in [2.05, 4.69) is 16.4 Å². The highest BCUT2D eigenvalue weighted by Crippen LogP contribution is 2.37. The number of hydrogen-bond donors (Lipinski definition) is 1. The summed E-state index contributed by atoms with van der Waals surface area (Å²) in [4.78, 5) is 32.6. The summed E-state index contributed by atoms with van der Waals surface area (Å²) in [6, 6.07) is 10.0. The summed E-state index contributed by atoms with van der Waals surface area (Å²) < 4.78 is 7.39. The molecular formula is C26H29N5O3S. The van der Waals surface area contributed by atoms with Crippen LogP contribution in [0.3, 0.4) is 0 Å². The lowest BCUT2D eigenvalue weighted by Crippen LogP contribution is -2.37. The fraction of sp³-hybridized carbons (Fsp3) is 0.385. The minimum atomic E-state index is -0.141. The molecule has 3 aromatic rings. The number of carbonyl (C=O) groups is 2. The number of aromatic nitrogens is 2. The standard InChI is InChI=1S/C26H29N5O3S/c1-4-34-20-7-5-6-19(13-20)17(2)12-24(32)29-26-22(14-27)21-8-10-31(15-23(21)35-26)25(33)16-30-11-9-28-18(30)3/h5-7,9,11,13,17H,4,8,10,12,15-16H2,1-3H3,(H,29,32). The molecule has 3 heterocycles. The lowest BCUT2D eigenvalue weighted by molar-refractivity contribution is -0.132. The van der Waals surface area contributed by atoms with Crippen molar-refractivity contribution in [1.29, 1.82) is 5.26 Å². The molecule has 35 heavy (non-hydrogen) atoms. The van der Waals surface area contributed by atoms with Gasteiger partial charge in [0.15, 0.2) is 0 Å². The van der Waals surface area contributed by atoms with E-state index in [4.69, 9.17) is 4.74 Å². The van der Waals surface area contributed by atoms with Gasteiger partial charge in [-0.3, -0.25) is 9.59 Å². The summed E-state index contributed by atoms with van der Waals surface area (Å²) in [6.07, 6.45) is 4.36. The molecule has 1 aromatic carbocycles. The van der Waals surface area contributed by atoms with Crippen molar-refractivity contribution in [1.82, 2.24) is 14.5 Å². The van der Waals surface area contributed by atoms with Crippen molar-refractivity contribution in [3.05, 3.63) is 64.1 Å². The van der Waals surface area contributed by atoms with Gasteiger partial charge in [-0.25, -0.2) is 4.98 Å². The largest absolute Gasteiger partial charge is 0.494 e. The Morgan fingerprint density at radius 1 is 1.37 bits per heavy atom. The van der Waals surface area contributed by atoms with Gasteiger partial charge in [0, 0.05) is 30.2 Å². The van der Waals surface area contributed by atoms with Crippen LogP contribution in [-0.4, -0.2) is 39.4 Å². The lowest BCUT2D eigenvalue weighted by atomic mass is 9.97. The number of ether oxygens (including phenoxy) is 1. The van der Waals surface area contributed by atoms with E-state index in [0.29, 0.717) is 36.7 Å². The number of rotatable bonds is 8. The Morgan fingerprint density at radius 2 is 2.20 bits per heavy atom. The maximum Gasteiger partial charge on any atom is 0.242 e. The molecule has 0 radical (unpaired) electrons. The van der Waals surface area contributed by atoms with Crippen molar-refractivity contribution in [2.75, 3.05) is 18.5 Å². The number of thiophene rings is 1. The number of aryl methyl sites for hydroxylation is 1. The zero-order valence-corrected chi connectivity index (χ0v) is 21.0. The summed E-state index contributed by atoms with van der Waals surface area (Å²) >= 11 is 1.39. The molecule has 8 nitrogen and oxygen atoms in total. The van der Waals surface area contributed by atoms with Gasteiger partial charge in [-0.05, 0) is 49.4 Å². The lowest BCUT2D eigenvalue weighted by Gasteiger charge is -2.27. The number of anilines is 1. The first-order valence-corrected chi connectivity index (χ1v) is 12.5. The van der Waals surface area contributed by atoms with E-state index >= 15 is 0 Å². The summed E-state index contributed by atoms with van der Waals surface area (Å²) in [5, 5.41) is 13.3. The molecule has 0 aliphatic carbocycles. The van der Waals surface area contributed by atoms with Gasteiger partial charge < -0.3 is 19.5 Å². The maximum absolute atomic E-state index is 12.9. The fourth-order valence-corrected chi connectivity index (χ4v) is 5.52. The van der Waals surface area contributed by atoms with E-state index in [-0.39, 0.29) is 30.7 Å². The average molecular weight is 492 g/mol. The van der Waals surface area contributed by atoms with Crippen LogP contribution in [0, 0.1) is 18.3 Å². The van der Waals surface area contributed by atoms with E-state index in [9.17, 15) is 14.9 Å². The number of imidazole rings is 1. The number of nitriles is 1. The Balaban J connectivity index is 1.42.